The number of nitrogens with one attached hydrogen (secondary N) is 1. The lowest BCUT2D eigenvalue weighted by atomic mass is 9.57. The van der Waals surface area contributed by atoms with Gasteiger partial charge in [0.25, 0.3) is 0 Å². The quantitative estimate of drug-likeness (QED) is 0.858. The molecule has 1 N–H and O–H groups in total. The fraction of sp³-hybridized carbons (Fsp3) is 0.818. The fourth-order valence-electron chi connectivity index (χ4n) is 3.11. The van der Waals surface area contributed by atoms with E-state index in [4.69, 9.17) is 4.74 Å². The average molecular weight is 239 g/mol. The van der Waals surface area contributed by atoms with Gasteiger partial charge in [0.1, 0.15) is 5.82 Å². The van der Waals surface area contributed by atoms with Crippen molar-refractivity contribution in [1.82, 2.24) is 9.36 Å². The minimum Gasteiger partial charge on any atom is -0.377 e. The summed E-state index contributed by atoms with van der Waals surface area (Å²) in [6, 6.07) is 0.479. The topological polar surface area (TPSA) is 47.0 Å². The Labute approximate surface area is 99.6 Å². The Bertz CT molecular complexity index is 404. The van der Waals surface area contributed by atoms with E-state index in [1.165, 1.54) is 18.0 Å². The first-order valence-electron chi connectivity index (χ1n) is 5.77. The molecule has 1 saturated heterocycles. The molecule has 0 unspecified atom stereocenters. The van der Waals surface area contributed by atoms with Gasteiger partial charge in [0.2, 0.25) is 5.13 Å². The average Bonchev–Trinajstić information content (AvgIpc) is 2.81. The van der Waals surface area contributed by atoms with Gasteiger partial charge in [-0.3, -0.25) is 0 Å². The minimum atomic E-state index is 0.209. The van der Waals surface area contributed by atoms with Gasteiger partial charge in [0.05, 0.1) is 6.10 Å². The molecule has 1 aromatic rings. The summed E-state index contributed by atoms with van der Waals surface area (Å²) in [7, 11) is 0. The molecular weight excluding hydrogens is 222 g/mol. The van der Waals surface area contributed by atoms with Crippen LogP contribution in [0, 0.1) is 18.3 Å². The first-order chi connectivity index (χ1) is 7.59. The molecule has 88 valence electrons. The minimum absolute atomic E-state index is 0.209. The van der Waals surface area contributed by atoms with Gasteiger partial charge in [-0.15, -0.1) is 0 Å². The molecule has 1 saturated carbocycles. The van der Waals surface area contributed by atoms with Crippen LogP contribution < -0.4 is 5.32 Å². The van der Waals surface area contributed by atoms with Crippen molar-refractivity contribution in [2.24, 2.45) is 11.3 Å². The molecule has 0 radical (unpaired) electrons. The number of aryl methyl sites for hydroxylation is 1. The molecule has 3 atom stereocenters. The molecule has 4 nitrogen and oxygen atoms in total. The molecule has 0 amide bonds. The van der Waals surface area contributed by atoms with Crippen LogP contribution in [0.3, 0.4) is 0 Å². The maximum atomic E-state index is 5.77. The van der Waals surface area contributed by atoms with Crippen molar-refractivity contribution < 1.29 is 4.74 Å². The van der Waals surface area contributed by atoms with Gasteiger partial charge >= 0.3 is 0 Å². The molecule has 1 aromatic heterocycles. The summed E-state index contributed by atoms with van der Waals surface area (Å²) in [5, 5.41) is 4.47. The normalized spacial score (nSPS) is 35.6. The SMILES string of the molecule is Cc1nsc(N[C@@H]2[C@H]3CCO[C@@H]3C2(C)C)n1. The van der Waals surface area contributed by atoms with Crippen molar-refractivity contribution in [1.29, 1.82) is 0 Å². The van der Waals surface area contributed by atoms with E-state index < -0.39 is 0 Å². The Morgan fingerprint density at radius 3 is 3.00 bits per heavy atom. The third kappa shape index (κ3) is 1.38. The molecule has 2 heterocycles. The molecule has 1 aliphatic heterocycles. The predicted octanol–water partition coefficient (Wildman–Crippen LogP) is 2.07. The number of fused-ring (bicyclic) bond motifs is 1. The molecule has 0 aromatic carbocycles. The first kappa shape index (κ1) is 10.5. The number of hydrogen-bond acceptors (Lipinski definition) is 5. The lowest BCUT2D eigenvalue weighted by molar-refractivity contribution is -0.0923. The zero-order chi connectivity index (χ0) is 11.3. The van der Waals surface area contributed by atoms with E-state index in [1.54, 1.807) is 0 Å². The van der Waals surface area contributed by atoms with Gasteiger partial charge in [-0.1, -0.05) is 13.8 Å². The van der Waals surface area contributed by atoms with Crippen molar-refractivity contribution in [3.63, 3.8) is 0 Å². The molecule has 2 aliphatic rings. The van der Waals surface area contributed by atoms with Crippen molar-refractivity contribution in [3.05, 3.63) is 5.82 Å². The van der Waals surface area contributed by atoms with Crippen LogP contribution in [0.5, 0.6) is 0 Å². The smallest absolute Gasteiger partial charge is 0.202 e. The van der Waals surface area contributed by atoms with Crippen LogP contribution in [0.15, 0.2) is 0 Å². The van der Waals surface area contributed by atoms with Gasteiger partial charge in [-0.2, -0.15) is 4.37 Å². The Balaban J connectivity index is 1.75. The van der Waals surface area contributed by atoms with Crippen molar-refractivity contribution in [3.8, 4) is 0 Å². The molecule has 0 spiro atoms. The summed E-state index contributed by atoms with van der Waals surface area (Å²) in [5.41, 5.74) is 0.209. The lowest BCUT2D eigenvalue weighted by Crippen LogP contribution is -2.63. The van der Waals surface area contributed by atoms with Gasteiger partial charge in [0.15, 0.2) is 0 Å². The van der Waals surface area contributed by atoms with E-state index in [9.17, 15) is 0 Å². The van der Waals surface area contributed by atoms with Crippen molar-refractivity contribution >= 4 is 16.7 Å². The Morgan fingerprint density at radius 2 is 2.31 bits per heavy atom. The third-order valence-corrected chi connectivity index (χ3v) is 4.64. The maximum Gasteiger partial charge on any atom is 0.202 e. The molecule has 2 fully saturated rings. The Morgan fingerprint density at radius 1 is 1.50 bits per heavy atom. The van der Waals surface area contributed by atoms with Crippen molar-refractivity contribution in [2.75, 3.05) is 11.9 Å². The molecule has 3 rings (SSSR count). The standard InChI is InChI=1S/C11H17N3OS/c1-6-12-10(16-14-6)13-8-7-4-5-15-9(7)11(8,2)3/h7-9H,4-5H2,1-3H3,(H,12,13,14)/t7-,8-,9+/m1/s1. The second kappa shape index (κ2) is 3.40. The summed E-state index contributed by atoms with van der Waals surface area (Å²) in [6.45, 7) is 7.37. The van der Waals surface area contributed by atoms with Gasteiger partial charge < -0.3 is 10.1 Å². The van der Waals surface area contributed by atoms with Crippen LogP contribution in [0.1, 0.15) is 26.1 Å². The number of hydrogen-bond donors (Lipinski definition) is 1. The van der Waals surface area contributed by atoms with Gasteiger partial charge in [-0.25, -0.2) is 4.98 Å². The molecule has 16 heavy (non-hydrogen) atoms. The van der Waals surface area contributed by atoms with E-state index >= 15 is 0 Å². The third-order valence-electron chi connectivity index (χ3n) is 3.91. The Kier molecular flexibility index (Phi) is 2.23. The van der Waals surface area contributed by atoms with Crippen molar-refractivity contribution in [2.45, 2.75) is 39.3 Å². The largest absolute Gasteiger partial charge is 0.377 e. The predicted molar refractivity (Wildman–Crippen MR) is 63.7 cm³/mol. The van der Waals surface area contributed by atoms with Crippen LogP contribution in [-0.4, -0.2) is 28.1 Å². The molecule has 0 bridgehead atoms. The molecule has 5 heteroatoms. The van der Waals surface area contributed by atoms with E-state index in [2.05, 4.69) is 28.5 Å². The highest BCUT2D eigenvalue weighted by molar-refractivity contribution is 7.09. The van der Waals surface area contributed by atoms with Crippen LogP contribution >= 0.6 is 11.5 Å². The second-order valence-corrected chi connectivity index (χ2v) is 6.09. The van der Waals surface area contributed by atoms with Crippen LogP contribution in [0.4, 0.5) is 5.13 Å². The zero-order valence-corrected chi connectivity index (χ0v) is 10.7. The molecular formula is C11H17N3OS. The summed E-state index contributed by atoms with van der Waals surface area (Å²) in [6.07, 6.45) is 1.60. The number of nitrogens with zero attached hydrogens (tertiary/aromatic N) is 2. The number of aromatic nitrogens is 2. The van der Waals surface area contributed by atoms with Gasteiger partial charge in [0, 0.05) is 35.5 Å². The first-order valence-corrected chi connectivity index (χ1v) is 6.55. The number of rotatable bonds is 2. The molecule has 1 aliphatic carbocycles. The Hall–Kier alpha value is -0.680. The summed E-state index contributed by atoms with van der Waals surface area (Å²) < 4.78 is 9.97. The van der Waals surface area contributed by atoms with Crippen LogP contribution in [-0.2, 0) is 4.74 Å². The van der Waals surface area contributed by atoms with E-state index in [0.717, 1.165) is 17.6 Å². The second-order valence-electron chi connectivity index (χ2n) is 5.33. The lowest BCUT2D eigenvalue weighted by Gasteiger charge is -2.54. The number of anilines is 1. The van der Waals surface area contributed by atoms with E-state index in [-0.39, 0.29) is 5.41 Å². The fourth-order valence-corrected chi connectivity index (χ4v) is 3.72. The van der Waals surface area contributed by atoms with Crippen LogP contribution in [0.25, 0.3) is 0 Å². The highest BCUT2D eigenvalue weighted by Gasteiger charge is 2.59. The number of ether oxygens (including phenoxy) is 1. The highest BCUT2D eigenvalue weighted by atomic mass is 32.1. The maximum absolute atomic E-state index is 5.77. The zero-order valence-electron chi connectivity index (χ0n) is 9.86. The van der Waals surface area contributed by atoms with Crippen LogP contribution in [0.2, 0.25) is 0 Å². The monoisotopic (exact) mass is 239 g/mol. The summed E-state index contributed by atoms with van der Waals surface area (Å²) in [4.78, 5) is 4.37. The highest BCUT2D eigenvalue weighted by Crippen LogP contribution is 2.53. The van der Waals surface area contributed by atoms with E-state index in [0.29, 0.717) is 18.1 Å². The summed E-state index contributed by atoms with van der Waals surface area (Å²) >= 11 is 1.45. The van der Waals surface area contributed by atoms with Gasteiger partial charge in [-0.05, 0) is 13.3 Å². The van der Waals surface area contributed by atoms with E-state index in [1.807, 2.05) is 6.92 Å². The summed E-state index contributed by atoms with van der Waals surface area (Å²) in [5.74, 6) is 1.50.